The minimum absolute atomic E-state index is 0.0293. The zero-order valence-electron chi connectivity index (χ0n) is 18.2. The van der Waals surface area contributed by atoms with E-state index in [-0.39, 0.29) is 18.4 Å². The SMILES string of the molecule is O=C(NOCc1cccc(C(=O)N2CCOCC2)c1)c1ccccc1NCc1ccncc1. The van der Waals surface area contributed by atoms with E-state index in [2.05, 4.69) is 15.8 Å². The van der Waals surface area contributed by atoms with Crippen LogP contribution in [-0.2, 0) is 22.7 Å². The van der Waals surface area contributed by atoms with E-state index in [1.165, 1.54) is 0 Å². The van der Waals surface area contributed by atoms with Gasteiger partial charge in [-0.05, 0) is 47.5 Å². The van der Waals surface area contributed by atoms with Crippen molar-refractivity contribution in [3.8, 4) is 0 Å². The van der Waals surface area contributed by atoms with Crippen LogP contribution < -0.4 is 10.8 Å². The van der Waals surface area contributed by atoms with Crippen LogP contribution in [0.3, 0.4) is 0 Å². The van der Waals surface area contributed by atoms with E-state index in [1.54, 1.807) is 41.6 Å². The number of nitrogens with zero attached hydrogens (tertiary/aromatic N) is 2. The van der Waals surface area contributed by atoms with Crippen molar-refractivity contribution >= 4 is 17.5 Å². The van der Waals surface area contributed by atoms with Gasteiger partial charge in [0.2, 0.25) is 0 Å². The molecule has 1 saturated heterocycles. The number of ether oxygens (including phenoxy) is 1. The van der Waals surface area contributed by atoms with Crippen LogP contribution in [0.5, 0.6) is 0 Å². The Hall–Kier alpha value is -3.75. The van der Waals surface area contributed by atoms with E-state index in [9.17, 15) is 9.59 Å². The average Bonchev–Trinajstić information content (AvgIpc) is 2.88. The van der Waals surface area contributed by atoms with Crippen LogP contribution in [0.15, 0.2) is 73.1 Å². The fraction of sp³-hybridized carbons (Fsp3) is 0.240. The molecule has 170 valence electrons. The average molecular weight is 447 g/mol. The number of amides is 2. The predicted molar refractivity (Wildman–Crippen MR) is 123 cm³/mol. The van der Waals surface area contributed by atoms with Gasteiger partial charge in [-0.3, -0.25) is 19.4 Å². The molecule has 8 nitrogen and oxygen atoms in total. The fourth-order valence-electron chi connectivity index (χ4n) is 3.52. The van der Waals surface area contributed by atoms with Crippen molar-refractivity contribution in [1.82, 2.24) is 15.4 Å². The lowest BCUT2D eigenvalue weighted by Gasteiger charge is -2.27. The van der Waals surface area contributed by atoms with Crippen molar-refractivity contribution in [2.24, 2.45) is 0 Å². The summed E-state index contributed by atoms with van der Waals surface area (Å²) in [7, 11) is 0. The number of hydrogen-bond donors (Lipinski definition) is 2. The Morgan fingerprint density at radius 2 is 1.76 bits per heavy atom. The zero-order chi connectivity index (χ0) is 22.9. The highest BCUT2D eigenvalue weighted by Crippen LogP contribution is 2.16. The minimum Gasteiger partial charge on any atom is -0.380 e. The summed E-state index contributed by atoms with van der Waals surface area (Å²) in [5, 5.41) is 3.27. The van der Waals surface area contributed by atoms with Crippen molar-refractivity contribution in [2.75, 3.05) is 31.6 Å². The lowest BCUT2D eigenvalue weighted by atomic mass is 10.1. The summed E-state index contributed by atoms with van der Waals surface area (Å²) in [6.45, 7) is 2.99. The van der Waals surface area contributed by atoms with Gasteiger partial charge in [0.25, 0.3) is 11.8 Å². The van der Waals surface area contributed by atoms with Crippen molar-refractivity contribution in [1.29, 1.82) is 0 Å². The molecule has 0 aliphatic carbocycles. The zero-order valence-corrected chi connectivity index (χ0v) is 18.2. The Labute approximate surface area is 192 Å². The standard InChI is InChI=1S/C25H26N4O4/c30-24(22-6-1-2-7-23(22)27-17-19-8-10-26-11-9-19)28-33-18-20-4-3-5-21(16-20)25(31)29-12-14-32-15-13-29/h1-11,16,27H,12-15,17-18H2,(H,28,30). The van der Waals surface area contributed by atoms with Gasteiger partial charge in [-0.2, -0.15) is 0 Å². The van der Waals surface area contributed by atoms with Gasteiger partial charge < -0.3 is 15.0 Å². The number of carbonyl (C=O) groups excluding carboxylic acids is 2. The molecule has 0 spiro atoms. The van der Waals surface area contributed by atoms with E-state index >= 15 is 0 Å². The molecule has 1 aromatic heterocycles. The summed E-state index contributed by atoms with van der Waals surface area (Å²) in [5.41, 5.74) is 6.12. The van der Waals surface area contributed by atoms with Crippen molar-refractivity contribution in [2.45, 2.75) is 13.2 Å². The largest absolute Gasteiger partial charge is 0.380 e. The quantitative estimate of drug-likeness (QED) is 0.517. The second-order valence-corrected chi connectivity index (χ2v) is 7.58. The van der Waals surface area contributed by atoms with Gasteiger partial charge in [-0.15, -0.1) is 0 Å². The third kappa shape index (κ3) is 6.15. The summed E-state index contributed by atoms with van der Waals surface area (Å²) in [4.78, 5) is 36.6. The maximum atomic E-state index is 12.7. The van der Waals surface area contributed by atoms with Gasteiger partial charge in [0.05, 0.1) is 25.4 Å². The van der Waals surface area contributed by atoms with Crippen molar-refractivity contribution in [3.63, 3.8) is 0 Å². The number of para-hydroxylation sites is 1. The van der Waals surface area contributed by atoms with Crippen LogP contribution in [0.4, 0.5) is 5.69 Å². The molecule has 4 rings (SSSR count). The highest BCUT2D eigenvalue weighted by molar-refractivity contribution is 5.99. The lowest BCUT2D eigenvalue weighted by Crippen LogP contribution is -2.40. The molecular formula is C25H26N4O4. The number of hydroxylamine groups is 1. The number of aromatic nitrogens is 1. The third-order valence-corrected chi connectivity index (χ3v) is 5.28. The molecule has 0 bridgehead atoms. The molecule has 1 aliphatic rings. The number of hydrogen-bond acceptors (Lipinski definition) is 6. The first kappa shape index (κ1) is 22.4. The number of anilines is 1. The highest BCUT2D eigenvalue weighted by Gasteiger charge is 2.18. The van der Waals surface area contributed by atoms with Gasteiger partial charge in [-0.25, -0.2) is 5.48 Å². The molecule has 33 heavy (non-hydrogen) atoms. The van der Waals surface area contributed by atoms with Crippen LogP contribution in [0, 0.1) is 0 Å². The monoisotopic (exact) mass is 446 g/mol. The van der Waals surface area contributed by atoms with Gasteiger partial charge in [0.1, 0.15) is 0 Å². The smallest absolute Gasteiger partial charge is 0.276 e. The molecule has 3 aromatic rings. The Morgan fingerprint density at radius 3 is 2.58 bits per heavy atom. The van der Waals surface area contributed by atoms with Crippen LogP contribution >= 0.6 is 0 Å². The molecule has 2 heterocycles. The minimum atomic E-state index is -0.353. The topological polar surface area (TPSA) is 92.8 Å². The first-order valence-electron chi connectivity index (χ1n) is 10.8. The van der Waals surface area contributed by atoms with Crippen LogP contribution in [0.25, 0.3) is 0 Å². The molecule has 0 radical (unpaired) electrons. The number of pyridine rings is 1. The maximum Gasteiger partial charge on any atom is 0.276 e. The van der Waals surface area contributed by atoms with E-state index < -0.39 is 0 Å². The van der Waals surface area contributed by atoms with Crippen molar-refractivity contribution < 1.29 is 19.2 Å². The molecule has 8 heteroatoms. The summed E-state index contributed by atoms with van der Waals surface area (Å²) < 4.78 is 5.31. The number of morpholine rings is 1. The van der Waals surface area contributed by atoms with E-state index in [4.69, 9.17) is 9.57 Å². The van der Waals surface area contributed by atoms with Gasteiger partial charge in [-0.1, -0.05) is 24.3 Å². The molecule has 0 unspecified atom stereocenters. The lowest BCUT2D eigenvalue weighted by molar-refractivity contribution is 0.0232. The summed E-state index contributed by atoms with van der Waals surface area (Å²) >= 11 is 0. The molecule has 0 atom stereocenters. The van der Waals surface area contributed by atoms with Gasteiger partial charge in [0, 0.05) is 43.3 Å². The summed E-state index contributed by atoms with van der Waals surface area (Å²) in [6.07, 6.45) is 3.46. The number of rotatable bonds is 8. The third-order valence-electron chi connectivity index (χ3n) is 5.28. The number of carbonyl (C=O) groups is 2. The maximum absolute atomic E-state index is 12.7. The Morgan fingerprint density at radius 1 is 0.970 bits per heavy atom. The van der Waals surface area contributed by atoms with E-state index in [0.29, 0.717) is 49.7 Å². The summed E-state index contributed by atoms with van der Waals surface area (Å²) in [5.74, 6) is -0.383. The summed E-state index contributed by atoms with van der Waals surface area (Å²) in [6, 6.07) is 18.3. The molecule has 1 fully saturated rings. The molecular weight excluding hydrogens is 420 g/mol. The van der Waals surface area contributed by atoms with Gasteiger partial charge in [0.15, 0.2) is 0 Å². The number of benzene rings is 2. The first-order valence-corrected chi connectivity index (χ1v) is 10.8. The van der Waals surface area contributed by atoms with E-state index in [0.717, 1.165) is 11.1 Å². The van der Waals surface area contributed by atoms with Crippen molar-refractivity contribution in [3.05, 3.63) is 95.3 Å². The molecule has 2 amide bonds. The molecule has 2 N–H and O–H groups in total. The number of nitrogens with one attached hydrogen (secondary N) is 2. The highest BCUT2D eigenvalue weighted by atomic mass is 16.6. The first-order chi connectivity index (χ1) is 16.2. The Kier molecular flexibility index (Phi) is 7.63. The van der Waals surface area contributed by atoms with Crippen LogP contribution in [-0.4, -0.2) is 48.0 Å². The van der Waals surface area contributed by atoms with E-state index in [1.807, 2.05) is 36.4 Å². The Bertz CT molecular complexity index is 1080. The second kappa shape index (κ2) is 11.2. The van der Waals surface area contributed by atoms with Crippen LogP contribution in [0.2, 0.25) is 0 Å². The normalized spacial score (nSPS) is 13.4. The fourth-order valence-corrected chi connectivity index (χ4v) is 3.52. The molecule has 2 aromatic carbocycles. The molecule has 1 aliphatic heterocycles. The van der Waals surface area contributed by atoms with Gasteiger partial charge >= 0.3 is 0 Å². The second-order valence-electron chi connectivity index (χ2n) is 7.58. The van der Waals surface area contributed by atoms with Crippen LogP contribution in [0.1, 0.15) is 31.8 Å². The Balaban J connectivity index is 1.32. The predicted octanol–water partition coefficient (Wildman–Crippen LogP) is 3.03. The molecule has 0 saturated carbocycles.